The maximum atomic E-state index is 11.6. The molecule has 4 heteroatoms. The summed E-state index contributed by atoms with van der Waals surface area (Å²) >= 11 is 6.09. The molecule has 1 heterocycles. The van der Waals surface area contributed by atoms with Crippen molar-refractivity contribution < 1.29 is 14.3 Å². The third kappa shape index (κ3) is 2.20. The molecule has 18 heavy (non-hydrogen) atoms. The lowest BCUT2D eigenvalue weighted by Gasteiger charge is -2.19. The van der Waals surface area contributed by atoms with Crippen LogP contribution in [-0.4, -0.2) is 19.0 Å². The number of terminal acetylenes is 1. The Morgan fingerprint density at radius 2 is 2.44 bits per heavy atom. The van der Waals surface area contributed by atoms with Gasteiger partial charge in [-0.2, -0.15) is 0 Å². The van der Waals surface area contributed by atoms with E-state index in [1.54, 1.807) is 6.07 Å². The van der Waals surface area contributed by atoms with Crippen LogP contribution in [0.3, 0.4) is 0 Å². The van der Waals surface area contributed by atoms with Crippen LogP contribution in [0.1, 0.15) is 22.8 Å². The first-order chi connectivity index (χ1) is 8.65. The average Bonchev–Trinajstić information content (AvgIpc) is 2.37. The van der Waals surface area contributed by atoms with E-state index in [-0.39, 0.29) is 12.4 Å². The molecule has 0 amide bonds. The first-order valence-electron chi connectivity index (χ1n) is 5.38. The second-order valence-corrected chi connectivity index (χ2v) is 4.15. The third-order valence-electron chi connectivity index (χ3n) is 2.51. The molecule has 1 aromatic carbocycles. The second-order valence-electron chi connectivity index (χ2n) is 3.74. The molecule has 0 fully saturated rings. The van der Waals surface area contributed by atoms with Crippen molar-refractivity contribution in [1.82, 2.24) is 0 Å². The molecule has 0 aromatic heterocycles. The number of carbonyl (C=O) groups excluding carboxylic acids is 1. The Labute approximate surface area is 110 Å². The van der Waals surface area contributed by atoms with Crippen LogP contribution in [0.4, 0.5) is 0 Å². The largest absolute Gasteiger partial charge is 0.487 e. The van der Waals surface area contributed by atoms with Gasteiger partial charge < -0.3 is 9.47 Å². The average molecular weight is 263 g/mol. The molecule has 1 aliphatic rings. The highest BCUT2D eigenvalue weighted by Gasteiger charge is 2.21. The zero-order valence-corrected chi connectivity index (χ0v) is 10.6. The van der Waals surface area contributed by atoms with Gasteiger partial charge in [0, 0.05) is 0 Å². The first kappa shape index (κ1) is 12.5. The summed E-state index contributed by atoms with van der Waals surface area (Å²) in [5, 5.41) is 0.396. The predicted molar refractivity (Wildman–Crippen MR) is 70.3 cm³/mol. The number of rotatable bonds is 3. The Morgan fingerprint density at radius 3 is 3.11 bits per heavy atom. The van der Waals surface area contributed by atoms with Crippen LogP contribution in [0.5, 0.6) is 11.5 Å². The number of ether oxygens (including phenoxy) is 2. The van der Waals surface area contributed by atoms with E-state index < -0.39 is 0 Å². The molecule has 0 unspecified atom stereocenters. The summed E-state index contributed by atoms with van der Waals surface area (Å²) in [5.74, 6) is 3.19. The number of halogens is 1. The summed E-state index contributed by atoms with van der Waals surface area (Å²) in [6, 6.07) is 1.55. The monoisotopic (exact) mass is 262 g/mol. The Hall–Kier alpha value is -1.92. The Bertz CT molecular complexity index is 567. The van der Waals surface area contributed by atoms with Crippen molar-refractivity contribution in [3.8, 4) is 23.8 Å². The van der Waals surface area contributed by atoms with E-state index in [0.29, 0.717) is 34.3 Å². The Kier molecular flexibility index (Phi) is 3.59. The minimum atomic E-state index is -0.134. The fourth-order valence-corrected chi connectivity index (χ4v) is 2.03. The van der Waals surface area contributed by atoms with Crippen molar-refractivity contribution in [3.63, 3.8) is 0 Å². The van der Waals surface area contributed by atoms with Crippen molar-refractivity contribution in [2.45, 2.75) is 6.92 Å². The van der Waals surface area contributed by atoms with Crippen molar-refractivity contribution in [1.29, 1.82) is 0 Å². The standard InChI is InChI=1S/C14H11ClO3/c1-3-6-17-13-10-5-4-7-18-14(10)12(15)8-11(13)9(2)16/h1,4-5,8H,6-7H2,2H3. The van der Waals surface area contributed by atoms with Gasteiger partial charge in [-0.1, -0.05) is 17.5 Å². The van der Waals surface area contributed by atoms with Crippen molar-refractivity contribution in [2.24, 2.45) is 0 Å². The molecule has 0 atom stereocenters. The van der Waals surface area contributed by atoms with E-state index in [2.05, 4.69) is 5.92 Å². The van der Waals surface area contributed by atoms with Crippen LogP contribution in [0.2, 0.25) is 5.02 Å². The van der Waals surface area contributed by atoms with E-state index in [9.17, 15) is 4.79 Å². The van der Waals surface area contributed by atoms with Gasteiger partial charge in [0.2, 0.25) is 0 Å². The number of carbonyl (C=O) groups is 1. The molecular weight excluding hydrogens is 252 g/mol. The van der Waals surface area contributed by atoms with Crippen LogP contribution < -0.4 is 9.47 Å². The van der Waals surface area contributed by atoms with Gasteiger partial charge in [0.05, 0.1) is 16.1 Å². The fraction of sp³-hybridized carbons (Fsp3) is 0.214. The molecule has 0 saturated carbocycles. The molecule has 0 saturated heterocycles. The number of ketones is 1. The highest BCUT2D eigenvalue weighted by Crippen LogP contribution is 2.41. The minimum absolute atomic E-state index is 0.0855. The lowest BCUT2D eigenvalue weighted by molar-refractivity contribution is 0.101. The van der Waals surface area contributed by atoms with Gasteiger partial charge >= 0.3 is 0 Å². The maximum Gasteiger partial charge on any atom is 0.163 e. The maximum absolute atomic E-state index is 11.6. The van der Waals surface area contributed by atoms with Crippen molar-refractivity contribution in [3.05, 3.63) is 28.3 Å². The summed E-state index contributed by atoms with van der Waals surface area (Å²) in [5.41, 5.74) is 1.07. The number of fused-ring (bicyclic) bond motifs is 1. The lowest BCUT2D eigenvalue weighted by Crippen LogP contribution is -2.08. The van der Waals surface area contributed by atoms with E-state index in [1.807, 2.05) is 12.2 Å². The SMILES string of the molecule is C#CCOc1c(C(C)=O)cc(Cl)c2c1C=CCO2. The number of benzene rings is 1. The molecule has 0 spiro atoms. The Balaban J connectivity index is 2.63. The summed E-state index contributed by atoms with van der Waals surface area (Å²) in [6.45, 7) is 1.98. The molecule has 1 aromatic rings. The molecule has 0 aliphatic carbocycles. The summed E-state index contributed by atoms with van der Waals surface area (Å²) in [6.07, 6.45) is 8.82. The Morgan fingerprint density at radius 1 is 1.67 bits per heavy atom. The van der Waals surface area contributed by atoms with Crippen molar-refractivity contribution in [2.75, 3.05) is 13.2 Å². The van der Waals surface area contributed by atoms with Crippen LogP contribution >= 0.6 is 11.6 Å². The topological polar surface area (TPSA) is 35.5 Å². The zero-order valence-electron chi connectivity index (χ0n) is 9.83. The van der Waals surface area contributed by atoms with Crippen molar-refractivity contribution >= 4 is 23.5 Å². The van der Waals surface area contributed by atoms with Gasteiger partial charge in [0.25, 0.3) is 0 Å². The number of hydrogen-bond donors (Lipinski definition) is 0. The molecule has 0 bridgehead atoms. The zero-order chi connectivity index (χ0) is 13.1. The third-order valence-corrected chi connectivity index (χ3v) is 2.79. The first-order valence-corrected chi connectivity index (χ1v) is 5.76. The molecule has 1 aliphatic heterocycles. The second kappa shape index (κ2) is 5.16. The highest BCUT2D eigenvalue weighted by atomic mass is 35.5. The van der Waals surface area contributed by atoms with Gasteiger partial charge in [-0.15, -0.1) is 6.42 Å². The lowest BCUT2D eigenvalue weighted by atomic mass is 10.0. The van der Waals surface area contributed by atoms with Crippen LogP contribution in [0.15, 0.2) is 12.1 Å². The fourth-order valence-electron chi connectivity index (χ4n) is 1.76. The van der Waals surface area contributed by atoms with Gasteiger partial charge in [-0.25, -0.2) is 0 Å². The highest BCUT2D eigenvalue weighted by molar-refractivity contribution is 6.33. The molecule has 0 N–H and O–H groups in total. The molecule has 3 nitrogen and oxygen atoms in total. The molecule has 0 radical (unpaired) electrons. The smallest absolute Gasteiger partial charge is 0.163 e. The van der Waals surface area contributed by atoms with Crippen LogP contribution in [0, 0.1) is 12.3 Å². The number of Topliss-reactive ketones (excluding diaryl/α,β-unsaturated/α-hetero) is 1. The van der Waals surface area contributed by atoms with E-state index in [4.69, 9.17) is 27.5 Å². The van der Waals surface area contributed by atoms with Gasteiger partial charge in [-0.05, 0) is 25.1 Å². The van der Waals surface area contributed by atoms with Crippen LogP contribution in [-0.2, 0) is 0 Å². The van der Waals surface area contributed by atoms with E-state index in [1.165, 1.54) is 6.92 Å². The van der Waals surface area contributed by atoms with Crippen LogP contribution in [0.25, 0.3) is 6.08 Å². The summed E-state index contributed by atoms with van der Waals surface area (Å²) in [4.78, 5) is 11.6. The number of hydrogen-bond acceptors (Lipinski definition) is 3. The normalized spacial score (nSPS) is 12.3. The van der Waals surface area contributed by atoms with E-state index in [0.717, 1.165) is 0 Å². The van der Waals surface area contributed by atoms with Gasteiger partial charge in [0.15, 0.2) is 5.78 Å². The van der Waals surface area contributed by atoms with Gasteiger partial charge in [0.1, 0.15) is 24.7 Å². The summed E-state index contributed by atoms with van der Waals surface area (Å²) in [7, 11) is 0. The summed E-state index contributed by atoms with van der Waals surface area (Å²) < 4.78 is 10.9. The molecule has 92 valence electrons. The van der Waals surface area contributed by atoms with E-state index >= 15 is 0 Å². The minimum Gasteiger partial charge on any atom is -0.487 e. The molecular formula is C14H11ClO3. The van der Waals surface area contributed by atoms with Gasteiger partial charge in [-0.3, -0.25) is 4.79 Å². The molecule has 2 rings (SSSR count). The predicted octanol–water partition coefficient (Wildman–Crippen LogP) is 2.96. The quantitative estimate of drug-likeness (QED) is 0.621.